The lowest BCUT2D eigenvalue weighted by atomic mass is 10.1. The molecule has 7 nitrogen and oxygen atoms in total. The molecule has 0 aliphatic heterocycles. The molecular weight excluding hydrogens is 382 g/mol. The van der Waals surface area contributed by atoms with E-state index in [9.17, 15) is 9.59 Å². The molecule has 0 saturated carbocycles. The number of fused-ring (bicyclic) bond motifs is 1. The molecule has 0 saturated heterocycles. The van der Waals surface area contributed by atoms with Gasteiger partial charge in [0.05, 0.1) is 30.1 Å². The van der Waals surface area contributed by atoms with E-state index in [-0.39, 0.29) is 17.5 Å². The molecule has 0 bridgehead atoms. The number of para-hydroxylation sites is 1. The molecule has 1 amide bonds. The van der Waals surface area contributed by atoms with Crippen molar-refractivity contribution in [2.45, 2.75) is 58.5 Å². The average molecular weight is 418 g/mol. The molecule has 30 heavy (non-hydrogen) atoms. The maximum atomic E-state index is 13.2. The van der Waals surface area contributed by atoms with Crippen LogP contribution in [0.15, 0.2) is 29.1 Å². The number of methoxy groups -OCH3 is 2. The van der Waals surface area contributed by atoms with Crippen LogP contribution in [0, 0.1) is 0 Å². The van der Waals surface area contributed by atoms with E-state index < -0.39 is 0 Å². The van der Waals surface area contributed by atoms with Crippen molar-refractivity contribution in [3.8, 4) is 0 Å². The first-order valence-electron chi connectivity index (χ1n) is 10.9. The number of hydrogen-bond donors (Lipinski definition) is 0. The summed E-state index contributed by atoms with van der Waals surface area (Å²) >= 11 is 0. The van der Waals surface area contributed by atoms with Gasteiger partial charge in [-0.1, -0.05) is 32.4 Å². The van der Waals surface area contributed by atoms with Crippen LogP contribution in [0.5, 0.6) is 0 Å². The van der Waals surface area contributed by atoms with E-state index in [1.807, 2.05) is 30.0 Å². The third kappa shape index (κ3) is 5.89. The van der Waals surface area contributed by atoms with Crippen LogP contribution in [-0.2, 0) is 20.8 Å². The van der Waals surface area contributed by atoms with Crippen LogP contribution >= 0.6 is 0 Å². The van der Waals surface area contributed by atoms with Crippen molar-refractivity contribution in [2.75, 3.05) is 34.0 Å². The Hall–Kier alpha value is -2.25. The van der Waals surface area contributed by atoms with Gasteiger partial charge in [-0.2, -0.15) is 0 Å². The number of ether oxygens (including phenoxy) is 2. The van der Waals surface area contributed by atoms with E-state index in [1.54, 1.807) is 24.9 Å². The topological polar surface area (TPSA) is 73.7 Å². The molecule has 7 heteroatoms. The first-order chi connectivity index (χ1) is 14.6. The summed E-state index contributed by atoms with van der Waals surface area (Å²) in [6.45, 7) is 6.05. The summed E-state index contributed by atoms with van der Waals surface area (Å²) < 4.78 is 12.1. The number of rotatable bonds is 13. The van der Waals surface area contributed by atoms with E-state index in [2.05, 4.69) is 6.92 Å². The number of hydrogen-bond acceptors (Lipinski definition) is 5. The SMILES string of the molecule is CCCCC(=O)N(CCCOC)C(CC)c1nc2ccccc2c(=O)n1CCOC. The Morgan fingerprint density at radius 3 is 2.53 bits per heavy atom. The number of carbonyl (C=O) groups excluding carboxylic acids is 1. The molecule has 0 aliphatic rings. The summed E-state index contributed by atoms with van der Waals surface area (Å²) in [7, 11) is 3.27. The molecule has 0 fully saturated rings. The maximum absolute atomic E-state index is 13.2. The first kappa shape index (κ1) is 24.0. The summed E-state index contributed by atoms with van der Waals surface area (Å²) in [6, 6.07) is 7.08. The van der Waals surface area contributed by atoms with Crippen molar-refractivity contribution < 1.29 is 14.3 Å². The Bertz CT molecular complexity index is 865. The second kappa shape index (κ2) is 12.4. The molecule has 1 unspecified atom stereocenters. The Labute approximate surface area is 179 Å². The minimum Gasteiger partial charge on any atom is -0.385 e. The van der Waals surface area contributed by atoms with Crippen LogP contribution in [0.25, 0.3) is 10.9 Å². The van der Waals surface area contributed by atoms with Crippen LogP contribution in [0.3, 0.4) is 0 Å². The number of carbonyl (C=O) groups is 1. The van der Waals surface area contributed by atoms with Crippen molar-refractivity contribution in [2.24, 2.45) is 0 Å². The van der Waals surface area contributed by atoms with Crippen molar-refractivity contribution in [3.63, 3.8) is 0 Å². The van der Waals surface area contributed by atoms with Gasteiger partial charge in [0.15, 0.2) is 0 Å². The predicted octanol–water partition coefficient (Wildman–Crippen LogP) is 3.55. The highest BCUT2D eigenvalue weighted by atomic mass is 16.5. The zero-order valence-corrected chi connectivity index (χ0v) is 18.7. The van der Waals surface area contributed by atoms with E-state index in [4.69, 9.17) is 14.5 Å². The average Bonchev–Trinajstić information content (AvgIpc) is 2.76. The van der Waals surface area contributed by atoms with Gasteiger partial charge in [0, 0.05) is 33.8 Å². The van der Waals surface area contributed by atoms with Gasteiger partial charge in [-0.15, -0.1) is 0 Å². The standard InChI is InChI=1S/C23H35N3O4/c1-5-7-13-21(27)25(14-10-16-29-3)20(6-2)22-24-19-12-9-8-11-18(19)23(28)26(22)15-17-30-4/h8-9,11-12,20H,5-7,10,13-17H2,1-4H3. The lowest BCUT2D eigenvalue weighted by Crippen LogP contribution is -2.40. The van der Waals surface area contributed by atoms with Crippen LogP contribution in [0.1, 0.15) is 57.8 Å². The molecule has 0 N–H and O–H groups in total. The number of nitrogens with zero attached hydrogens (tertiary/aromatic N) is 3. The van der Waals surface area contributed by atoms with Crippen LogP contribution in [0.4, 0.5) is 0 Å². The van der Waals surface area contributed by atoms with Gasteiger partial charge < -0.3 is 14.4 Å². The van der Waals surface area contributed by atoms with Gasteiger partial charge in [-0.05, 0) is 31.4 Å². The minimum absolute atomic E-state index is 0.0936. The highest BCUT2D eigenvalue weighted by molar-refractivity contribution is 5.78. The Kier molecular flexibility index (Phi) is 9.97. The summed E-state index contributed by atoms with van der Waals surface area (Å²) in [5, 5.41) is 0.579. The zero-order valence-electron chi connectivity index (χ0n) is 18.7. The molecule has 166 valence electrons. The number of aromatic nitrogens is 2. The molecule has 1 atom stereocenters. The van der Waals surface area contributed by atoms with E-state index in [0.717, 1.165) is 19.3 Å². The fourth-order valence-electron chi connectivity index (χ4n) is 3.69. The van der Waals surface area contributed by atoms with Crippen molar-refractivity contribution >= 4 is 16.8 Å². The molecule has 0 aliphatic carbocycles. The fraction of sp³-hybridized carbons (Fsp3) is 0.609. The zero-order chi connectivity index (χ0) is 21.9. The molecule has 2 rings (SSSR count). The summed E-state index contributed by atoms with van der Waals surface area (Å²) in [6.07, 6.45) is 3.71. The fourth-order valence-corrected chi connectivity index (χ4v) is 3.69. The molecule has 1 aromatic carbocycles. The number of amides is 1. The minimum atomic E-state index is -0.277. The largest absolute Gasteiger partial charge is 0.385 e. The number of benzene rings is 1. The lowest BCUT2D eigenvalue weighted by Gasteiger charge is -2.32. The Morgan fingerprint density at radius 2 is 1.87 bits per heavy atom. The molecular formula is C23H35N3O4. The molecule has 2 aromatic rings. The second-order valence-electron chi connectivity index (χ2n) is 7.40. The lowest BCUT2D eigenvalue weighted by molar-refractivity contribution is -0.134. The van der Waals surface area contributed by atoms with Gasteiger partial charge in [-0.25, -0.2) is 4.98 Å². The van der Waals surface area contributed by atoms with Crippen molar-refractivity contribution in [3.05, 3.63) is 40.4 Å². The van der Waals surface area contributed by atoms with E-state index in [0.29, 0.717) is 55.9 Å². The van der Waals surface area contributed by atoms with Gasteiger partial charge in [0.1, 0.15) is 5.82 Å². The highest BCUT2D eigenvalue weighted by Gasteiger charge is 2.27. The third-order valence-electron chi connectivity index (χ3n) is 5.28. The van der Waals surface area contributed by atoms with Crippen molar-refractivity contribution in [1.82, 2.24) is 14.5 Å². The summed E-state index contributed by atoms with van der Waals surface area (Å²) in [5.74, 6) is 0.723. The Balaban J connectivity index is 2.55. The van der Waals surface area contributed by atoms with Crippen LogP contribution in [-0.4, -0.2) is 54.3 Å². The second-order valence-corrected chi connectivity index (χ2v) is 7.40. The molecule has 0 radical (unpaired) electrons. The quantitative estimate of drug-likeness (QED) is 0.466. The van der Waals surface area contributed by atoms with E-state index in [1.165, 1.54) is 0 Å². The van der Waals surface area contributed by atoms with Crippen molar-refractivity contribution in [1.29, 1.82) is 0 Å². The molecule has 1 aromatic heterocycles. The Morgan fingerprint density at radius 1 is 1.13 bits per heavy atom. The molecule has 0 spiro atoms. The summed E-state index contributed by atoms with van der Waals surface area (Å²) in [5.41, 5.74) is 0.561. The van der Waals surface area contributed by atoms with Gasteiger partial charge >= 0.3 is 0 Å². The van der Waals surface area contributed by atoms with E-state index >= 15 is 0 Å². The predicted molar refractivity (Wildman–Crippen MR) is 119 cm³/mol. The van der Waals surface area contributed by atoms with Gasteiger partial charge in [-0.3, -0.25) is 14.2 Å². The highest BCUT2D eigenvalue weighted by Crippen LogP contribution is 2.25. The normalized spacial score (nSPS) is 12.3. The monoisotopic (exact) mass is 417 g/mol. The number of unbranched alkanes of at least 4 members (excludes halogenated alkanes) is 1. The van der Waals surface area contributed by atoms with Crippen LogP contribution < -0.4 is 5.56 Å². The smallest absolute Gasteiger partial charge is 0.261 e. The first-order valence-corrected chi connectivity index (χ1v) is 10.9. The van der Waals surface area contributed by atoms with Gasteiger partial charge in [0.25, 0.3) is 5.56 Å². The summed E-state index contributed by atoms with van der Waals surface area (Å²) in [4.78, 5) is 33.1. The third-order valence-corrected chi connectivity index (χ3v) is 5.28. The van der Waals surface area contributed by atoms with Gasteiger partial charge in [0.2, 0.25) is 5.91 Å². The van der Waals surface area contributed by atoms with Crippen LogP contribution in [0.2, 0.25) is 0 Å². The maximum Gasteiger partial charge on any atom is 0.261 e. The molecule has 1 heterocycles.